The number of ether oxygens (including phenoxy) is 1. The number of piperazine rings is 1. The first-order chi connectivity index (χ1) is 16.2. The summed E-state index contributed by atoms with van der Waals surface area (Å²) in [5, 5.41) is 12.2. The van der Waals surface area contributed by atoms with E-state index in [9.17, 15) is 0 Å². The molecule has 2 aliphatic heterocycles. The quantitative estimate of drug-likeness (QED) is 0.535. The summed E-state index contributed by atoms with van der Waals surface area (Å²) in [5.74, 6) is 0.892. The van der Waals surface area contributed by atoms with Gasteiger partial charge in [-0.2, -0.15) is 0 Å². The molecule has 0 saturated carbocycles. The average molecular weight is 447 g/mol. The van der Waals surface area contributed by atoms with E-state index in [0.717, 1.165) is 68.2 Å². The normalized spacial score (nSPS) is 21.7. The van der Waals surface area contributed by atoms with E-state index in [2.05, 4.69) is 80.2 Å². The molecule has 2 aromatic carbocycles. The lowest BCUT2D eigenvalue weighted by atomic mass is 10.0. The highest BCUT2D eigenvalue weighted by atomic mass is 16.5. The number of nitrogens with one attached hydrogen (secondary N) is 3. The number of piperidine rings is 1. The van der Waals surface area contributed by atoms with Gasteiger partial charge in [0.25, 0.3) is 0 Å². The molecule has 2 unspecified atom stereocenters. The van der Waals surface area contributed by atoms with Crippen LogP contribution in [-0.4, -0.2) is 69.0 Å². The van der Waals surface area contributed by atoms with E-state index < -0.39 is 0 Å². The first kappa shape index (κ1) is 21.8. The fourth-order valence-corrected chi connectivity index (χ4v) is 4.85. The van der Waals surface area contributed by atoms with Crippen molar-refractivity contribution in [3.63, 3.8) is 0 Å². The van der Waals surface area contributed by atoms with E-state index in [1.165, 1.54) is 11.1 Å². The molecule has 1 aromatic heterocycles. The molecule has 3 N–H and O–H groups in total. The molecule has 2 atom stereocenters. The number of anilines is 3. The minimum atomic E-state index is 0.174. The number of hydrogen-bond acceptors (Lipinski definition) is 7. The monoisotopic (exact) mass is 446 g/mol. The summed E-state index contributed by atoms with van der Waals surface area (Å²) in [6, 6.07) is 17.3. The van der Waals surface area contributed by atoms with Crippen molar-refractivity contribution in [2.75, 3.05) is 62.4 Å². The number of hydrogen-bond donors (Lipinski definition) is 3. The third-order valence-electron chi connectivity index (χ3n) is 6.80. The number of para-hydroxylation sites is 1. The van der Waals surface area contributed by atoms with Gasteiger partial charge in [0.1, 0.15) is 5.75 Å². The number of benzene rings is 2. The SMILES string of the molecule is COc1cc(N2CCN(C)CC2)ccc1NC1CC(Nc2ccnc3ccccc23)CCN1. The Bertz CT molecular complexity index is 1080. The molecule has 7 nitrogen and oxygen atoms in total. The van der Waals surface area contributed by atoms with E-state index in [4.69, 9.17) is 4.74 Å². The van der Waals surface area contributed by atoms with Gasteiger partial charge in [0.2, 0.25) is 0 Å². The average Bonchev–Trinajstić information content (AvgIpc) is 2.85. The molecule has 3 aromatic rings. The van der Waals surface area contributed by atoms with Crippen LogP contribution in [0, 0.1) is 0 Å². The first-order valence-corrected chi connectivity index (χ1v) is 11.9. The maximum absolute atomic E-state index is 5.76. The summed E-state index contributed by atoms with van der Waals surface area (Å²) in [5.41, 5.74) is 4.44. The number of methoxy groups -OCH3 is 1. The Balaban J connectivity index is 1.25. The second-order valence-corrected chi connectivity index (χ2v) is 9.07. The van der Waals surface area contributed by atoms with Crippen molar-refractivity contribution in [3.05, 3.63) is 54.7 Å². The lowest BCUT2D eigenvalue weighted by Gasteiger charge is -2.35. The van der Waals surface area contributed by atoms with Crippen molar-refractivity contribution < 1.29 is 4.74 Å². The van der Waals surface area contributed by atoms with E-state index in [0.29, 0.717) is 6.04 Å². The van der Waals surface area contributed by atoms with Gasteiger partial charge in [-0.05, 0) is 44.3 Å². The fourth-order valence-electron chi connectivity index (χ4n) is 4.85. The minimum absolute atomic E-state index is 0.174. The van der Waals surface area contributed by atoms with Crippen molar-refractivity contribution in [1.29, 1.82) is 0 Å². The van der Waals surface area contributed by atoms with Crippen LogP contribution in [0.3, 0.4) is 0 Å². The van der Waals surface area contributed by atoms with E-state index >= 15 is 0 Å². The van der Waals surface area contributed by atoms with E-state index in [-0.39, 0.29) is 6.17 Å². The molecule has 33 heavy (non-hydrogen) atoms. The van der Waals surface area contributed by atoms with Gasteiger partial charge in [0.15, 0.2) is 0 Å². The summed E-state index contributed by atoms with van der Waals surface area (Å²) < 4.78 is 5.76. The van der Waals surface area contributed by atoms with Crippen LogP contribution >= 0.6 is 0 Å². The second kappa shape index (κ2) is 9.85. The molecule has 2 fully saturated rings. The van der Waals surface area contributed by atoms with Gasteiger partial charge < -0.3 is 25.2 Å². The lowest BCUT2D eigenvalue weighted by Crippen LogP contribution is -2.47. The minimum Gasteiger partial charge on any atom is -0.495 e. The molecular formula is C26H34N6O. The third kappa shape index (κ3) is 4.99. The molecule has 5 rings (SSSR count). The Kier molecular flexibility index (Phi) is 6.51. The number of nitrogens with zero attached hydrogens (tertiary/aromatic N) is 3. The summed E-state index contributed by atoms with van der Waals surface area (Å²) >= 11 is 0. The molecular weight excluding hydrogens is 412 g/mol. The maximum atomic E-state index is 5.76. The fraction of sp³-hybridized carbons (Fsp3) is 0.423. The highest BCUT2D eigenvalue weighted by Gasteiger charge is 2.23. The molecule has 0 bridgehead atoms. The van der Waals surface area contributed by atoms with E-state index in [1.54, 1.807) is 7.11 Å². The van der Waals surface area contributed by atoms with Crippen LogP contribution in [0.2, 0.25) is 0 Å². The largest absolute Gasteiger partial charge is 0.495 e. The lowest BCUT2D eigenvalue weighted by molar-refractivity contribution is 0.312. The number of rotatable bonds is 6. The standard InChI is InChI=1S/C26H34N6O/c1-31-13-15-32(16-14-31)20-7-8-24(25(18-20)33-2)30-26-17-19(9-11-28-26)29-23-10-12-27-22-6-4-3-5-21(22)23/h3-8,10,12,18-19,26,28,30H,9,11,13-17H2,1-2H3,(H,27,29). The van der Waals surface area contributed by atoms with Crippen LogP contribution in [0.4, 0.5) is 17.1 Å². The summed E-state index contributed by atoms with van der Waals surface area (Å²) in [6.45, 7) is 5.24. The highest BCUT2D eigenvalue weighted by Crippen LogP contribution is 2.32. The molecule has 0 spiro atoms. The van der Waals surface area contributed by atoms with Crippen LogP contribution in [0.25, 0.3) is 10.9 Å². The van der Waals surface area contributed by atoms with Gasteiger partial charge in [0.05, 0.1) is 24.5 Å². The summed E-state index contributed by atoms with van der Waals surface area (Å²) in [6.07, 6.45) is 4.11. The van der Waals surface area contributed by atoms with Crippen molar-refractivity contribution in [2.24, 2.45) is 0 Å². The van der Waals surface area contributed by atoms with Crippen LogP contribution in [0.1, 0.15) is 12.8 Å². The van der Waals surface area contributed by atoms with E-state index in [1.807, 2.05) is 12.3 Å². The number of aromatic nitrogens is 1. The van der Waals surface area contributed by atoms with Gasteiger partial charge in [-0.15, -0.1) is 0 Å². The zero-order chi connectivity index (χ0) is 22.6. The van der Waals surface area contributed by atoms with Gasteiger partial charge in [-0.3, -0.25) is 10.3 Å². The van der Waals surface area contributed by atoms with Crippen LogP contribution < -0.4 is 25.6 Å². The smallest absolute Gasteiger partial charge is 0.144 e. The number of fused-ring (bicyclic) bond motifs is 1. The number of likely N-dealkylation sites (N-methyl/N-ethyl adjacent to an activating group) is 1. The van der Waals surface area contributed by atoms with Crippen molar-refractivity contribution in [2.45, 2.75) is 25.0 Å². The summed E-state index contributed by atoms with van der Waals surface area (Å²) in [7, 11) is 3.93. The zero-order valence-corrected chi connectivity index (χ0v) is 19.6. The Morgan fingerprint density at radius 3 is 2.70 bits per heavy atom. The third-order valence-corrected chi connectivity index (χ3v) is 6.80. The second-order valence-electron chi connectivity index (χ2n) is 9.07. The molecule has 3 heterocycles. The maximum Gasteiger partial charge on any atom is 0.144 e. The first-order valence-electron chi connectivity index (χ1n) is 11.9. The molecule has 174 valence electrons. The van der Waals surface area contributed by atoms with Crippen molar-refractivity contribution in [3.8, 4) is 5.75 Å². The zero-order valence-electron chi connectivity index (χ0n) is 19.6. The molecule has 0 amide bonds. The van der Waals surface area contributed by atoms with Gasteiger partial charge >= 0.3 is 0 Å². The van der Waals surface area contributed by atoms with Gasteiger partial charge in [-0.25, -0.2) is 0 Å². The van der Waals surface area contributed by atoms with Crippen LogP contribution in [-0.2, 0) is 0 Å². The predicted molar refractivity (Wildman–Crippen MR) is 137 cm³/mol. The number of pyridine rings is 1. The Morgan fingerprint density at radius 2 is 1.85 bits per heavy atom. The Hall–Kier alpha value is -3.03. The molecule has 2 saturated heterocycles. The highest BCUT2D eigenvalue weighted by molar-refractivity contribution is 5.91. The molecule has 7 heteroatoms. The molecule has 0 aliphatic carbocycles. The van der Waals surface area contributed by atoms with Gasteiger partial charge in [-0.1, -0.05) is 18.2 Å². The van der Waals surface area contributed by atoms with Crippen LogP contribution in [0.15, 0.2) is 54.7 Å². The predicted octanol–water partition coefficient (Wildman–Crippen LogP) is 3.60. The molecule has 0 radical (unpaired) electrons. The topological polar surface area (TPSA) is 64.7 Å². The van der Waals surface area contributed by atoms with Crippen molar-refractivity contribution >= 4 is 28.0 Å². The summed E-state index contributed by atoms with van der Waals surface area (Å²) in [4.78, 5) is 9.29. The molecule has 2 aliphatic rings. The Labute approximate surface area is 196 Å². The van der Waals surface area contributed by atoms with Gasteiger partial charge in [0, 0.05) is 67.7 Å². The van der Waals surface area contributed by atoms with Crippen LogP contribution in [0.5, 0.6) is 5.75 Å². The van der Waals surface area contributed by atoms with Crippen molar-refractivity contribution in [1.82, 2.24) is 15.2 Å². The Morgan fingerprint density at radius 1 is 1.00 bits per heavy atom.